The summed E-state index contributed by atoms with van der Waals surface area (Å²) >= 11 is 0. The van der Waals surface area contributed by atoms with Crippen molar-refractivity contribution in [1.82, 2.24) is 0 Å². The molecule has 4 nitrogen and oxygen atoms in total. The largest absolute Gasteiger partial charge is 0.424 e. The van der Waals surface area contributed by atoms with Gasteiger partial charge in [0.1, 0.15) is 5.75 Å². The first-order valence-electron chi connectivity index (χ1n) is 10.2. The third-order valence-electron chi connectivity index (χ3n) is 4.76. The molecule has 0 aliphatic rings. The van der Waals surface area contributed by atoms with Crippen LogP contribution in [-0.4, -0.2) is 11.9 Å². The van der Waals surface area contributed by atoms with Gasteiger partial charge in [0.25, 0.3) is 0 Å². The Balaban J connectivity index is 1.53. The van der Waals surface area contributed by atoms with Gasteiger partial charge in [-0.2, -0.15) is 0 Å². The van der Waals surface area contributed by atoms with Crippen LogP contribution in [0.1, 0.15) is 15.9 Å². The van der Waals surface area contributed by atoms with Gasteiger partial charge in [0, 0.05) is 5.56 Å². The van der Waals surface area contributed by atoms with Crippen LogP contribution >= 0.6 is 0 Å². The molecule has 4 aromatic rings. The number of hydrogen-bond acceptors (Lipinski definition) is 3. The zero-order chi connectivity index (χ0) is 22.2. The van der Waals surface area contributed by atoms with E-state index in [1.807, 2.05) is 84.9 Å². The molecule has 0 aliphatic carbocycles. The Bertz CT molecular complexity index is 1180. The number of ether oxygens (including phenoxy) is 1. The Morgan fingerprint density at radius 2 is 1.22 bits per heavy atom. The van der Waals surface area contributed by atoms with E-state index in [4.69, 9.17) is 4.74 Å². The summed E-state index contributed by atoms with van der Waals surface area (Å²) in [5.74, 6) is 0.300. The van der Waals surface area contributed by atoms with E-state index in [0.717, 1.165) is 5.56 Å². The molecule has 0 aliphatic heterocycles. The molecule has 4 rings (SSSR count). The van der Waals surface area contributed by atoms with Crippen molar-refractivity contribution in [3.63, 3.8) is 0 Å². The van der Waals surface area contributed by atoms with Crippen molar-refractivity contribution in [2.75, 3.05) is 4.90 Å². The van der Waals surface area contributed by atoms with Crippen molar-refractivity contribution in [2.24, 2.45) is 0 Å². The van der Waals surface area contributed by atoms with Crippen LogP contribution in [0.3, 0.4) is 0 Å². The molecule has 1 amide bonds. The van der Waals surface area contributed by atoms with Gasteiger partial charge in [0.15, 0.2) is 5.78 Å². The van der Waals surface area contributed by atoms with Crippen LogP contribution in [-0.2, 0) is 0 Å². The minimum absolute atomic E-state index is 0.0904. The number of allylic oxidation sites excluding steroid dienone is 1. The lowest BCUT2D eigenvalue weighted by Crippen LogP contribution is -2.29. The molecule has 0 spiro atoms. The summed E-state index contributed by atoms with van der Waals surface area (Å²) in [6, 6.07) is 34.8. The summed E-state index contributed by atoms with van der Waals surface area (Å²) in [4.78, 5) is 26.9. The normalized spacial score (nSPS) is 10.6. The van der Waals surface area contributed by atoms with Crippen LogP contribution in [0.5, 0.6) is 5.75 Å². The minimum Gasteiger partial charge on any atom is -0.410 e. The smallest absolute Gasteiger partial charge is 0.410 e. The van der Waals surface area contributed by atoms with Crippen LogP contribution in [0, 0.1) is 0 Å². The first kappa shape index (κ1) is 20.8. The minimum atomic E-state index is -0.524. The molecule has 4 heteroatoms. The monoisotopic (exact) mass is 419 g/mol. The molecule has 156 valence electrons. The van der Waals surface area contributed by atoms with Gasteiger partial charge in [-0.25, -0.2) is 9.69 Å². The Kier molecular flexibility index (Phi) is 6.54. The van der Waals surface area contributed by atoms with Gasteiger partial charge in [-0.3, -0.25) is 4.79 Å². The van der Waals surface area contributed by atoms with Gasteiger partial charge in [0.2, 0.25) is 0 Å². The second kappa shape index (κ2) is 10.0. The molecular formula is C28H21NO3. The number of amides is 1. The maximum Gasteiger partial charge on any atom is 0.424 e. The van der Waals surface area contributed by atoms with E-state index in [9.17, 15) is 9.59 Å². The average molecular weight is 419 g/mol. The number of nitrogens with zero attached hydrogens (tertiary/aromatic N) is 1. The van der Waals surface area contributed by atoms with Crippen LogP contribution in [0.4, 0.5) is 16.2 Å². The number of carbonyl (C=O) groups excluding carboxylic acids is 2. The maximum absolute atomic E-state index is 13.1. The molecular weight excluding hydrogens is 398 g/mol. The SMILES string of the molecule is O=C(C=Cc1cccc(OC(=O)N(c2ccccc2)c2ccccc2)c1)c1ccccc1. The summed E-state index contributed by atoms with van der Waals surface area (Å²) in [6.45, 7) is 0. The quantitative estimate of drug-likeness (QED) is 0.252. The second-order valence-electron chi connectivity index (χ2n) is 7.01. The Labute approximate surface area is 187 Å². The molecule has 0 heterocycles. The lowest BCUT2D eigenvalue weighted by molar-refractivity contribution is 0.104. The van der Waals surface area contributed by atoms with Crippen LogP contribution in [0.2, 0.25) is 0 Å². The third kappa shape index (κ3) is 5.18. The standard InChI is InChI=1S/C28H21NO3/c30-27(23-12-4-1-5-13-23)20-19-22-11-10-18-26(21-22)32-28(31)29(24-14-6-2-7-15-24)25-16-8-3-9-17-25/h1-21H. The molecule has 0 bridgehead atoms. The predicted octanol–water partition coefficient (Wildman–Crippen LogP) is 6.92. The average Bonchev–Trinajstić information content (AvgIpc) is 2.85. The number of benzene rings is 4. The molecule has 0 saturated carbocycles. The van der Waals surface area contributed by atoms with Gasteiger partial charge in [-0.05, 0) is 48.0 Å². The summed E-state index contributed by atoms with van der Waals surface area (Å²) in [5.41, 5.74) is 2.78. The first-order valence-corrected chi connectivity index (χ1v) is 10.2. The van der Waals surface area contributed by atoms with E-state index < -0.39 is 6.09 Å². The number of carbonyl (C=O) groups is 2. The molecule has 0 unspecified atom stereocenters. The number of para-hydroxylation sites is 2. The van der Waals surface area contributed by atoms with Gasteiger partial charge in [0.05, 0.1) is 11.4 Å². The Morgan fingerprint density at radius 1 is 0.656 bits per heavy atom. The van der Waals surface area contributed by atoms with Gasteiger partial charge >= 0.3 is 6.09 Å². The van der Waals surface area contributed by atoms with E-state index >= 15 is 0 Å². The maximum atomic E-state index is 13.1. The van der Waals surface area contributed by atoms with Crippen molar-refractivity contribution in [2.45, 2.75) is 0 Å². The fourth-order valence-electron chi connectivity index (χ4n) is 3.21. The highest BCUT2D eigenvalue weighted by atomic mass is 16.6. The van der Waals surface area contributed by atoms with E-state index in [1.165, 1.54) is 11.0 Å². The van der Waals surface area contributed by atoms with Gasteiger partial charge in [-0.15, -0.1) is 0 Å². The van der Waals surface area contributed by atoms with E-state index in [0.29, 0.717) is 22.7 Å². The fourth-order valence-corrected chi connectivity index (χ4v) is 3.21. The van der Waals surface area contributed by atoms with Crippen LogP contribution < -0.4 is 9.64 Å². The number of anilines is 2. The van der Waals surface area contributed by atoms with E-state index in [-0.39, 0.29) is 5.78 Å². The number of hydrogen-bond donors (Lipinski definition) is 0. The number of rotatable bonds is 6. The predicted molar refractivity (Wildman–Crippen MR) is 127 cm³/mol. The zero-order valence-electron chi connectivity index (χ0n) is 17.3. The molecule has 0 atom stereocenters. The molecule has 32 heavy (non-hydrogen) atoms. The third-order valence-corrected chi connectivity index (χ3v) is 4.76. The van der Waals surface area contributed by atoms with Crippen molar-refractivity contribution in [1.29, 1.82) is 0 Å². The molecule has 0 N–H and O–H groups in total. The Morgan fingerprint density at radius 3 is 1.81 bits per heavy atom. The highest BCUT2D eigenvalue weighted by Crippen LogP contribution is 2.27. The summed E-state index contributed by atoms with van der Waals surface area (Å²) < 4.78 is 5.69. The van der Waals surface area contributed by atoms with Crippen molar-refractivity contribution < 1.29 is 14.3 Å². The molecule has 0 saturated heterocycles. The van der Waals surface area contributed by atoms with E-state index in [2.05, 4.69) is 0 Å². The molecule has 4 aromatic carbocycles. The lowest BCUT2D eigenvalue weighted by Gasteiger charge is -2.22. The zero-order valence-corrected chi connectivity index (χ0v) is 17.3. The van der Waals surface area contributed by atoms with E-state index in [1.54, 1.807) is 36.4 Å². The lowest BCUT2D eigenvalue weighted by atomic mass is 10.1. The van der Waals surface area contributed by atoms with Crippen LogP contribution in [0.15, 0.2) is 121 Å². The number of ketones is 1. The van der Waals surface area contributed by atoms with Crippen molar-refractivity contribution in [3.8, 4) is 5.75 Å². The van der Waals surface area contributed by atoms with Gasteiger partial charge in [-0.1, -0.05) is 84.9 Å². The topological polar surface area (TPSA) is 46.6 Å². The Hall–Kier alpha value is -4.44. The summed E-state index contributed by atoms with van der Waals surface area (Å²) in [6.07, 6.45) is 2.69. The van der Waals surface area contributed by atoms with Crippen molar-refractivity contribution in [3.05, 3.63) is 132 Å². The van der Waals surface area contributed by atoms with Crippen LogP contribution in [0.25, 0.3) is 6.08 Å². The van der Waals surface area contributed by atoms with Gasteiger partial charge < -0.3 is 4.74 Å². The summed E-state index contributed by atoms with van der Waals surface area (Å²) in [7, 11) is 0. The fraction of sp³-hybridized carbons (Fsp3) is 0. The molecule has 0 fully saturated rings. The highest BCUT2D eigenvalue weighted by molar-refractivity contribution is 6.06. The highest BCUT2D eigenvalue weighted by Gasteiger charge is 2.20. The second-order valence-corrected chi connectivity index (χ2v) is 7.01. The molecule has 0 aromatic heterocycles. The summed E-state index contributed by atoms with van der Waals surface area (Å²) in [5, 5.41) is 0. The first-order chi connectivity index (χ1) is 15.7. The molecule has 0 radical (unpaired) electrons. The van der Waals surface area contributed by atoms with Crippen molar-refractivity contribution >= 4 is 29.3 Å².